The van der Waals surface area contributed by atoms with Gasteiger partial charge in [0.05, 0.1) is 13.7 Å². The third-order valence-electron chi connectivity index (χ3n) is 3.76. The Morgan fingerprint density at radius 3 is 2.47 bits per heavy atom. The summed E-state index contributed by atoms with van der Waals surface area (Å²) in [6, 6.07) is 8.42. The van der Waals surface area contributed by atoms with Crippen molar-refractivity contribution in [3.8, 4) is 5.75 Å². The average Bonchev–Trinajstić information content (AvgIpc) is 2.41. The number of hydrogen-bond donors (Lipinski definition) is 1. The molecule has 1 aliphatic rings. The number of quaternary nitrogens is 1. The summed E-state index contributed by atoms with van der Waals surface area (Å²) in [7, 11) is 1.71. The molecule has 2 N–H and O–H groups in total. The van der Waals surface area contributed by atoms with Crippen LogP contribution in [0.1, 0.15) is 37.7 Å². The molecule has 1 aliphatic carbocycles. The van der Waals surface area contributed by atoms with Crippen molar-refractivity contribution in [2.45, 2.75) is 38.6 Å². The average molecular weight is 234 g/mol. The van der Waals surface area contributed by atoms with Crippen LogP contribution >= 0.6 is 0 Å². The first kappa shape index (κ1) is 12.4. The fourth-order valence-corrected chi connectivity index (χ4v) is 2.67. The fourth-order valence-electron chi connectivity index (χ4n) is 2.67. The quantitative estimate of drug-likeness (QED) is 0.831. The third kappa shape index (κ3) is 4.04. The van der Waals surface area contributed by atoms with Crippen LogP contribution < -0.4 is 10.1 Å². The summed E-state index contributed by atoms with van der Waals surface area (Å²) in [6.45, 7) is 2.40. The zero-order valence-electron chi connectivity index (χ0n) is 10.8. The molecule has 1 fully saturated rings. The molecule has 0 spiro atoms. The second-order valence-electron chi connectivity index (χ2n) is 5.08. The lowest BCUT2D eigenvalue weighted by Crippen LogP contribution is -2.84. The maximum atomic E-state index is 5.16. The third-order valence-corrected chi connectivity index (χ3v) is 3.76. The van der Waals surface area contributed by atoms with Gasteiger partial charge in [0, 0.05) is 11.5 Å². The second kappa shape index (κ2) is 6.65. The Bertz CT molecular complexity index is 314. The Balaban J connectivity index is 1.69. The molecule has 0 amide bonds. The van der Waals surface area contributed by atoms with Crippen LogP contribution in [0.15, 0.2) is 24.3 Å². The van der Waals surface area contributed by atoms with E-state index in [4.69, 9.17) is 4.74 Å². The number of rotatable bonds is 5. The van der Waals surface area contributed by atoms with Gasteiger partial charge in [0.2, 0.25) is 0 Å². The molecular formula is C15H24NO+. The highest BCUT2D eigenvalue weighted by Crippen LogP contribution is 2.21. The maximum Gasteiger partial charge on any atom is 0.118 e. The van der Waals surface area contributed by atoms with Gasteiger partial charge in [0.15, 0.2) is 0 Å². The van der Waals surface area contributed by atoms with E-state index in [1.54, 1.807) is 7.11 Å². The first-order valence-electron chi connectivity index (χ1n) is 6.83. The number of methoxy groups -OCH3 is 1. The van der Waals surface area contributed by atoms with Gasteiger partial charge in [0.25, 0.3) is 0 Å². The molecule has 17 heavy (non-hydrogen) atoms. The number of nitrogens with two attached hydrogens (primary N) is 1. The molecule has 94 valence electrons. The molecule has 0 unspecified atom stereocenters. The molecule has 2 rings (SSSR count). The summed E-state index contributed by atoms with van der Waals surface area (Å²) in [4.78, 5) is 0. The van der Waals surface area contributed by atoms with Crippen LogP contribution in [-0.2, 0) is 6.54 Å². The van der Waals surface area contributed by atoms with E-state index < -0.39 is 0 Å². The molecule has 0 radical (unpaired) electrons. The minimum absolute atomic E-state index is 0.945. The summed E-state index contributed by atoms with van der Waals surface area (Å²) in [5.74, 6) is 1.91. The van der Waals surface area contributed by atoms with Gasteiger partial charge < -0.3 is 10.1 Å². The van der Waals surface area contributed by atoms with Crippen LogP contribution in [0.3, 0.4) is 0 Å². The van der Waals surface area contributed by atoms with E-state index in [0.29, 0.717) is 0 Å². The van der Waals surface area contributed by atoms with Crippen molar-refractivity contribution in [2.24, 2.45) is 5.92 Å². The minimum Gasteiger partial charge on any atom is -0.497 e. The monoisotopic (exact) mass is 234 g/mol. The van der Waals surface area contributed by atoms with E-state index in [0.717, 1.165) is 18.2 Å². The van der Waals surface area contributed by atoms with E-state index >= 15 is 0 Å². The molecule has 0 aliphatic heterocycles. The van der Waals surface area contributed by atoms with Gasteiger partial charge in [-0.05, 0) is 37.1 Å². The van der Waals surface area contributed by atoms with E-state index in [9.17, 15) is 0 Å². The van der Waals surface area contributed by atoms with Gasteiger partial charge in [-0.25, -0.2) is 0 Å². The highest BCUT2D eigenvalue weighted by molar-refractivity contribution is 5.26. The number of hydrogen-bond acceptors (Lipinski definition) is 1. The molecule has 1 aromatic rings. The molecule has 1 aromatic carbocycles. The van der Waals surface area contributed by atoms with Crippen LogP contribution in [-0.4, -0.2) is 13.7 Å². The van der Waals surface area contributed by atoms with Crippen LogP contribution in [0.25, 0.3) is 0 Å². The standard InChI is InChI=1S/C15H23NO/c1-17-15-9-7-14(8-10-15)12-16-11-13-5-3-2-4-6-13/h7-10,13,16H,2-6,11-12H2,1H3/p+1. The van der Waals surface area contributed by atoms with E-state index in [1.807, 2.05) is 12.1 Å². The summed E-state index contributed by atoms with van der Waals surface area (Å²) in [5.41, 5.74) is 1.39. The second-order valence-corrected chi connectivity index (χ2v) is 5.08. The Morgan fingerprint density at radius 2 is 1.82 bits per heavy atom. The summed E-state index contributed by atoms with van der Waals surface area (Å²) >= 11 is 0. The lowest BCUT2D eigenvalue weighted by molar-refractivity contribution is -0.676. The molecular weight excluding hydrogens is 210 g/mol. The summed E-state index contributed by atoms with van der Waals surface area (Å²) in [6.07, 6.45) is 7.23. The van der Waals surface area contributed by atoms with Gasteiger partial charge in [-0.2, -0.15) is 0 Å². The highest BCUT2D eigenvalue weighted by Gasteiger charge is 2.14. The van der Waals surface area contributed by atoms with E-state index in [2.05, 4.69) is 17.4 Å². The predicted octanol–water partition coefficient (Wildman–Crippen LogP) is 2.34. The molecule has 2 heteroatoms. The molecule has 0 atom stereocenters. The van der Waals surface area contributed by atoms with Crippen molar-refractivity contribution in [2.75, 3.05) is 13.7 Å². The SMILES string of the molecule is COc1ccc(C[NH2+]CC2CCCCC2)cc1. The van der Waals surface area contributed by atoms with Crippen molar-refractivity contribution in [1.82, 2.24) is 0 Å². The van der Waals surface area contributed by atoms with Crippen LogP contribution in [0, 0.1) is 5.92 Å². The lowest BCUT2D eigenvalue weighted by atomic mass is 9.89. The van der Waals surface area contributed by atoms with Crippen molar-refractivity contribution < 1.29 is 10.1 Å². The van der Waals surface area contributed by atoms with Crippen LogP contribution in [0.4, 0.5) is 0 Å². The normalized spacial score (nSPS) is 17.0. The molecule has 0 heterocycles. The largest absolute Gasteiger partial charge is 0.497 e. The molecule has 0 saturated heterocycles. The van der Waals surface area contributed by atoms with Gasteiger partial charge in [-0.1, -0.05) is 19.3 Å². The number of ether oxygens (including phenoxy) is 1. The van der Waals surface area contributed by atoms with Gasteiger partial charge in [-0.15, -0.1) is 0 Å². The van der Waals surface area contributed by atoms with E-state index in [1.165, 1.54) is 44.2 Å². The molecule has 0 bridgehead atoms. The first-order chi connectivity index (χ1) is 8.38. The summed E-state index contributed by atoms with van der Waals surface area (Å²) in [5, 5.41) is 2.46. The summed E-state index contributed by atoms with van der Waals surface area (Å²) < 4.78 is 5.16. The Hall–Kier alpha value is -1.02. The Labute approximate surface area is 104 Å². The van der Waals surface area contributed by atoms with Crippen LogP contribution in [0.5, 0.6) is 5.75 Å². The van der Waals surface area contributed by atoms with E-state index in [-0.39, 0.29) is 0 Å². The van der Waals surface area contributed by atoms with Gasteiger partial charge in [0.1, 0.15) is 12.3 Å². The fraction of sp³-hybridized carbons (Fsp3) is 0.600. The minimum atomic E-state index is 0.945. The molecule has 2 nitrogen and oxygen atoms in total. The Kier molecular flexibility index (Phi) is 4.87. The number of benzene rings is 1. The van der Waals surface area contributed by atoms with Crippen molar-refractivity contribution in [3.63, 3.8) is 0 Å². The van der Waals surface area contributed by atoms with Crippen LogP contribution in [0.2, 0.25) is 0 Å². The first-order valence-corrected chi connectivity index (χ1v) is 6.83. The zero-order chi connectivity index (χ0) is 11.9. The predicted molar refractivity (Wildman–Crippen MR) is 70.1 cm³/mol. The molecule has 0 aromatic heterocycles. The smallest absolute Gasteiger partial charge is 0.118 e. The lowest BCUT2D eigenvalue weighted by Gasteiger charge is -2.19. The van der Waals surface area contributed by atoms with Crippen molar-refractivity contribution >= 4 is 0 Å². The maximum absolute atomic E-state index is 5.16. The zero-order valence-corrected chi connectivity index (χ0v) is 10.8. The van der Waals surface area contributed by atoms with Gasteiger partial charge in [-0.3, -0.25) is 0 Å². The van der Waals surface area contributed by atoms with Crippen molar-refractivity contribution in [1.29, 1.82) is 0 Å². The Morgan fingerprint density at radius 1 is 1.12 bits per heavy atom. The highest BCUT2D eigenvalue weighted by atomic mass is 16.5. The van der Waals surface area contributed by atoms with Gasteiger partial charge >= 0.3 is 0 Å². The topological polar surface area (TPSA) is 25.8 Å². The molecule has 1 saturated carbocycles. The van der Waals surface area contributed by atoms with Crippen molar-refractivity contribution in [3.05, 3.63) is 29.8 Å².